The molecule has 0 atom stereocenters. The summed E-state index contributed by atoms with van der Waals surface area (Å²) in [5.74, 6) is 0.475. The lowest BCUT2D eigenvalue weighted by Crippen LogP contribution is -2.13. The summed E-state index contributed by atoms with van der Waals surface area (Å²) in [6.07, 6.45) is 0. The molecule has 0 amide bonds. The molecular weight excluding hydrogens is 338 g/mol. The van der Waals surface area contributed by atoms with Crippen molar-refractivity contribution in [3.05, 3.63) is 87.5 Å². The van der Waals surface area contributed by atoms with Crippen LogP contribution in [0.3, 0.4) is 0 Å². The van der Waals surface area contributed by atoms with E-state index >= 15 is 0 Å². The standard InChI is InChI=1S/C21H21N5O/c1-14-10-15(2)26(25-14)13-17-7-5-6-16(11-17)12-22-21-23-19-9-4-3-8-18(19)20(27)24-21/h3-11H,12-13H2,1-2H3,(H2,22,23,24,27). The average Bonchev–Trinajstić information content (AvgIpc) is 2.97. The first kappa shape index (κ1) is 17.0. The molecule has 27 heavy (non-hydrogen) atoms. The Labute approximate surface area is 156 Å². The van der Waals surface area contributed by atoms with Crippen molar-refractivity contribution in [3.63, 3.8) is 0 Å². The van der Waals surface area contributed by atoms with Crippen molar-refractivity contribution < 1.29 is 0 Å². The first-order valence-electron chi connectivity index (χ1n) is 8.90. The van der Waals surface area contributed by atoms with Crippen molar-refractivity contribution in [2.24, 2.45) is 0 Å². The third-order valence-corrected chi connectivity index (χ3v) is 4.50. The highest BCUT2D eigenvalue weighted by atomic mass is 16.1. The minimum absolute atomic E-state index is 0.138. The molecule has 4 rings (SSSR count). The van der Waals surface area contributed by atoms with Gasteiger partial charge in [-0.3, -0.25) is 14.5 Å². The number of rotatable bonds is 5. The largest absolute Gasteiger partial charge is 0.352 e. The molecule has 2 aromatic carbocycles. The zero-order valence-corrected chi connectivity index (χ0v) is 15.4. The van der Waals surface area contributed by atoms with Crippen molar-refractivity contribution >= 4 is 16.9 Å². The van der Waals surface area contributed by atoms with Gasteiger partial charge in [-0.25, -0.2) is 4.98 Å². The molecule has 0 saturated carbocycles. The summed E-state index contributed by atoms with van der Waals surface area (Å²) in [7, 11) is 0. The van der Waals surface area contributed by atoms with Gasteiger partial charge in [0.1, 0.15) is 0 Å². The van der Waals surface area contributed by atoms with Crippen molar-refractivity contribution in [1.82, 2.24) is 19.7 Å². The molecule has 0 radical (unpaired) electrons. The van der Waals surface area contributed by atoms with E-state index < -0.39 is 0 Å². The molecule has 0 fully saturated rings. The van der Waals surface area contributed by atoms with E-state index in [-0.39, 0.29) is 5.56 Å². The quantitative estimate of drug-likeness (QED) is 0.573. The van der Waals surface area contributed by atoms with Gasteiger partial charge in [-0.2, -0.15) is 5.10 Å². The number of benzene rings is 2. The van der Waals surface area contributed by atoms with Crippen LogP contribution in [0.15, 0.2) is 59.4 Å². The van der Waals surface area contributed by atoms with Crippen LogP contribution in [0.4, 0.5) is 5.95 Å². The Morgan fingerprint density at radius 1 is 1.04 bits per heavy atom. The molecule has 6 heteroatoms. The Hall–Kier alpha value is -3.41. The molecule has 0 aliphatic heterocycles. The number of aryl methyl sites for hydroxylation is 2. The SMILES string of the molecule is Cc1cc(C)n(Cc2cccc(CNc3nc4ccccc4c(=O)[nH]3)c2)n1. The van der Waals surface area contributed by atoms with Crippen LogP contribution in [0.5, 0.6) is 0 Å². The van der Waals surface area contributed by atoms with Crippen molar-refractivity contribution in [2.75, 3.05) is 5.32 Å². The second-order valence-electron chi connectivity index (χ2n) is 6.69. The van der Waals surface area contributed by atoms with E-state index in [0.717, 1.165) is 23.5 Å². The third-order valence-electron chi connectivity index (χ3n) is 4.50. The van der Waals surface area contributed by atoms with Crippen molar-refractivity contribution in [2.45, 2.75) is 26.9 Å². The number of nitrogens with one attached hydrogen (secondary N) is 2. The summed E-state index contributed by atoms with van der Waals surface area (Å²) >= 11 is 0. The highest BCUT2D eigenvalue weighted by Crippen LogP contribution is 2.12. The van der Waals surface area contributed by atoms with Crippen LogP contribution >= 0.6 is 0 Å². The first-order valence-corrected chi connectivity index (χ1v) is 8.90. The molecule has 0 spiro atoms. The predicted octanol–water partition coefficient (Wildman–Crippen LogP) is 3.40. The topological polar surface area (TPSA) is 75.6 Å². The van der Waals surface area contributed by atoms with Gasteiger partial charge >= 0.3 is 0 Å². The zero-order chi connectivity index (χ0) is 18.8. The second kappa shape index (κ2) is 7.07. The lowest BCUT2D eigenvalue weighted by atomic mass is 10.1. The van der Waals surface area contributed by atoms with E-state index in [2.05, 4.69) is 51.6 Å². The maximum atomic E-state index is 12.2. The Balaban J connectivity index is 1.50. The molecule has 0 aliphatic rings. The number of para-hydroxylation sites is 1. The van der Waals surface area contributed by atoms with E-state index in [9.17, 15) is 4.79 Å². The lowest BCUT2D eigenvalue weighted by Gasteiger charge is -2.09. The van der Waals surface area contributed by atoms with Crippen LogP contribution in [0.2, 0.25) is 0 Å². The Kier molecular flexibility index (Phi) is 4.46. The third kappa shape index (κ3) is 3.74. The number of nitrogens with zero attached hydrogens (tertiary/aromatic N) is 3. The van der Waals surface area contributed by atoms with Crippen LogP contribution in [0.25, 0.3) is 10.9 Å². The highest BCUT2D eigenvalue weighted by Gasteiger charge is 2.05. The Morgan fingerprint density at radius 2 is 1.85 bits per heavy atom. The number of H-pyrrole nitrogens is 1. The van der Waals surface area contributed by atoms with E-state index in [1.807, 2.05) is 35.9 Å². The van der Waals surface area contributed by atoms with Gasteiger partial charge in [0.25, 0.3) is 5.56 Å². The van der Waals surface area contributed by atoms with E-state index in [1.54, 1.807) is 6.07 Å². The fraction of sp³-hybridized carbons (Fsp3) is 0.190. The van der Waals surface area contributed by atoms with Gasteiger partial charge in [-0.05, 0) is 43.2 Å². The summed E-state index contributed by atoms with van der Waals surface area (Å²) in [5.41, 5.74) is 5.01. The van der Waals surface area contributed by atoms with Crippen LogP contribution in [-0.2, 0) is 13.1 Å². The molecule has 6 nitrogen and oxygen atoms in total. The van der Waals surface area contributed by atoms with E-state index in [0.29, 0.717) is 23.4 Å². The van der Waals surface area contributed by atoms with Crippen molar-refractivity contribution in [1.29, 1.82) is 0 Å². The molecule has 136 valence electrons. The van der Waals surface area contributed by atoms with Crippen LogP contribution in [0, 0.1) is 13.8 Å². The Morgan fingerprint density at radius 3 is 2.67 bits per heavy atom. The van der Waals surface area contributed by atoms with Gasteiger partial charge in [0.15, 0.2) is 0 Å². The molecular formula is C21H21N5O. The van der Waals surface area contributed by atoms with Crippen LogP contribution < -0.4 is 10.9 Å². The van der Waals surface area contributed by atoms with Crippen LogP contribution in [-0.4, -0.2) is 19.7 Å². The molecule has 0 aliphatic carbocycles. The normalized spacial score (nSPS) is 11.0. The molecule has 2 N–H and O–H groups in total. The maximum Gasteiger partial charge on any atom is 0.260 e. The van der Waals surface area contributed by atoms with Gasteiger partial charge < -0.3 is 5.32 Å². The fourth-order valence-electron chi connectivity index (χ4n) is 3.20. The summed E-state index contributed by atoms with van der Waals surface area (Å²) < 4.78 is 2.00. The molecule has 0 saturated heterocycles. The van der Waals surface area contributed by atoms with Gasteiger partial charge in [0.2, 0.25) is 5.95 Å². The summed E-state index contributed by atoms with van der Waals surface area (Å²) in [6.45, 7) is 5.37. The van der Waals surface area contributed by atoms with Gasteiger partial charge in [-0.15, -0.1) is 0 Å². The number of aromatic nitrogens is 4. The maximum absolute atomic E-state index is 12.2. The minimum atomic E-state index is -0.138. The molecule has 2 aromatic heterocycles. The van der Waals surface area contributed by atoms with Gasteiger partial charge in [0, 0.05) is 12.2 Å². The predicted molar refractivity (Wildman–Crippen MR) is 107 cm³/mol. The van der Waals surface area contributed by atoms with E-state index in [4.69, 9.17) is 0 Å². The number of aromatic amines is 1. The van der Waals surface area contributed by atoms with Gasteiger partial charge in [-0.1, -0.05) is 36.4 Å². The highest BCUT2D eigenvalue weighted by molar-refractivity contribution is 5.78. The lowest BCUT2D eigenvalue weighted by molar-refractivity contribution is 0.658. The monoisotopic (exact) mass is 359 g/mol. The molecule has 2 heterocycles. The molecule has 4 aromatic rings. The number of fused-ring (bicyclic) bond motifs is 1. The summed E-state index contributed by atoms with van der Waals surface area (Å²) in [6, 6.07) is 17.7. The summed E-state index contributed by atoms with van der Waals surface area (Å²) in [4.78, 5) is 19.4. The Bertz CT molecular complexity index is 1160. The van der Waals surface area contributed by atoms with Crippen LogP contribution in [0.1, 0.15) is 22.5 Å². The molecule has 0 unspecified atom stereocenters. The smallest absolute Gasteiger partial charge is 0.260 e. The van der Waals surface area contributed by atoms with E-state index in [1.165, 1.54) is 5.56 Å². The zero-order valence-electron chi connectivity index (χ0n) is 15.4. The van der Waals surface area contributed by atoms with Gasteiger partial charge in [0.05, 0.1) is 23.1 Å². The number of anilines is 1. The minimum Gasteiger partial charge on any atom is -0.352 e. The number of hydrogen-bond acceptors (Lipinski definition) is 4. The number of hydrogen-bond donors (Lipinski definition) is 2. The fourth-order valence-corrected chi connectivity index (χ4v) is 3.20. The first-order chi connectivity index (χ1) is 13.1. The average molecular weight is 359 g/mol. The molecule has 0 bridgehead atoms. The van der Waals surface area contributed by atoms with Crippen molar-refractivity contribution in [3.8, 4) is 0 Å². The summed E-state index contributed by atoms with van der Waals surface area (Å²) in [5, 5.41) is 8.32. The second-order valence-corrected chi connectivity index (χ2v) is 6.69.